The van der Waals surface area contributed by atoms with E-state index in [1.165, 1.54) is 4.90 Å². The van der Waals surface area contributed by atoms with Gasteiger partial charge in [0.25, 0.3) is 0 Å². The molecule has 0 saturated carbocycles. The average Bonchev–Trinajstić information content (AvgIpc) is 3.50. The Kier molecular flexibility index (Phi) is 9.04. The van der Waals surface area contributed by atoms with E-state index in [0.717, 1.165) is 24.9 Å². The van der Waals surface area contributed by atoms with E-state index >= 15 is 0 Å². The molecule has 3 amide bonds. The number of carboxylic acids is 1. The lowest BCUT2D eigenvalue weighted by Crippen LogP contribution is -2.57. The molecule has 0 bridgehead atoms. The van der Waals surface area contributed by atoms with Crippen molar-refractivity contribution in [3.8, 4) is 0 Å². The quantitative estimate of drug-likeness (QED) is 0.403. The Morgan fingerprint density at radius 1 is 1.03 bits per heavy atom. The number of aliphatic carboxylic acids is 1. The van der Waals surface area contributed by atoms with Crippen molar-refractivity contribution in [1.29, 1.82) is 0 Å². The van der Waals surface area contributed by atoms with Gasteiger partial charge in [0.05, 0.1) is 6.04 Å². The van der Waals surface area contributed by atoms with Crippen molar-refractivity contribution in [1.82, 2.24) is 20.9 Å². The predicted molar refractivity (Wildman–Crippen MR) is 127 cm³/mol. The van der Waals surface area contributed by atoms with E-state index in [4.69, 9.17) is 0 Å². The standard InChI is InChI=1S/C25H36N4O5/c1-16(2)14-20(25(33)34)28-23(31)21-11-7-13-29(21)24(32)19(15-17-8-4-3-5-9-17)27-22(30)18-10-6-12-26-18/h3-5,8-9,16,18-21,26H,6-7,10-15H2,1-2H3,(H,27,30)(H,28,31)(H,33,34). The predicted octanol–water partition coefficient (Wildman–Crippen LogP) is 1.07. The first-order valence-electron chi connectivity index (χ1n) is 12.2. The van der Waals surface area contributed by atoms with Crippen molar-refractivity contribution in [2.75, 3.05) is 13.1 Å². The number of carboxylic acid groups (broad SMARTS) is 1. The molecule has 4 unspecified atom stereocenters. The molecule has 1 aromatic rings. The third-order valence-electron chi connectivity index (χ3n) is 6.43. The van der Waals surface area contributed by atoms with Crippen molar-refractivity contribution < 1.29 is 24.3 Å². The number of nitrogens with zero attached hydrogens (tertiary/aromatic N) is 1. The van der Waals surface area contributed by atoms with E-state index in [1.807, 2.05) is 44.2 Å². The highest BCUT2D eigenvalue weighted by Gasteiger charge is 2.39. The Hall–Kier alpha value is -2.94. The molecule has 2 aliphatic heterocycles. The molecule has 3 rings (SSSR count). The van der Waals surface area contributed by atoms with Gasteiger partial charge in [-0.3, -0.25) is 14.4 Å². The highest BCUT2D eigenvalue weighted by molar-refractivity contribution is 5.94. The lowest BCUT2D eigenvalue weighted by molar-refractivity contribution is -0.145. The highest BCUT2D eigenvalue weighted by atomic mass is 16.4. The van der Waals surface area contributed by atoms with Gasteiger partial charge in [0.1, 0.15) is 18.1 Å². The van der Waals surface area contributed by atoms with Crippen LogP contribution in [0.5, 0.6) is 0 Å². The third-order valence-corrected chi connectivity index (χ3v) is 6.43. The normalized spacial score (nSPS) is 21.8. The summed E-state index contributed by atoms with van der Waals surface area (Å²) in [6, 6.07) is 6.56. The Balaban J connectivity index is 1.74. The van der Waals surface area contributed by atoms with Crippen LogP contribution < -0.4 is 16.0 Å². The zero-order valence-electron chi connectivity index (χ0n) is 20.0. The van der Waals surface area contributed by atoms with Crippen molar-refractivity contribution in [2.45, 2.75) is 76.5 Å². The molecule has 2 heterocycles. The first-order chi connectivity index (χ1) is 16.3. The Labute approximate surface area is 200 Å². The monoisotopic (exact) mass is 472 g/mol. The lowest BCUT2D eigenvalue weighted by Gasteiger charge is -2.30. The smallest absolute Gasteiger partial charge is 0.326 e. The van der Waals surface area contributed by atoms with Gasteiger partial charge < -0.3 is 26.0 Å². The topological polar surface area (TPSA) is 128 Å². The number of rotatable bonds is 10. The maximum absolute atomic E-state index is 13.6. The summed E-state index contributed by atoms with van der Waals surface area (Å²) in [5.41, 5.74) is 0.906. The van der Waals surface area contributed by atoms with Gasteiger partial charge in [-0.15, -0.1) is 0 Å². The van der Waals surface area contributed by atoms with Crippen LogP contribution in [0.4, 0.5) is 0 Å². The number of nitrogens with one attached hydrogen (secondary N) is 3. The van der Waals surface area contributed by atoms with Gasteiger partial charge in [0.2, 0.25) is 17.7 Å². The Bertz CT molecular complexity index is 869. The zero-order chi connectivity index (χ0) is 24.7. The van der Waals surface area contributed by atoms with Crippen LogP contribution in [0, 0.1) is 5.92 Å². The van der Waals surface area contributed by atoms with Gasteiger partial charge in [-0.25, -0.2) is 4.79 Å². The Morgan fingerprint density at radius 3 is 2.35 bits per heavy atom. The van der Waals surface area contributed by atoms with Crippen molar-refractivity contribution in [3.05, 3.63) is 35.9 Å². The van der Waals surface area contributed by atoms with E-state index in [0.29, 0.717) is 32.2 Å². The number of benzene rings is 1. The van der Waals surface area contributed by atoms with Gasteiger partial charge in [0.15, 0.2) is 0 Å². The minimum absolute atomic E-state index is 0.0948. The van der Waals surface area contributed by atoms with E-state index < -0.39 is 30.0 Å². The number of likely N-dealkylation sites (tertiary alicyclic amines) is 1. The van der Waals surface area contributed by atoms with Crippen molar-refractivity contribution in [3.63, 3.8) is 0 Å². The molecule has 9 heteroatoms. The van der Waals surface area contributed by atoms with Crippen molar-refractivity contribution in [2.24, 2.45) is 5.92 Å². The van der Waals surface area contributed by atoms with Crippen LogP contribution >= 0.6 is 0 Å². The molecule has 2 aliphatic rings. The fraction of sp³-hybridized carbons (Fsp3) is 0.600. The summed E-state index contributed by atoms with van der Waals surface area (Å²) in [5.74, 6) is -1.98. The summed E-state index contributed by atoms with van der Waals surface area (Å²) in [6.07, 6.45) is 3.35. The number of hydrogen-bond acceptors (Lipinski definition) is 5. The van der Waals surface area contributed by atoms with Crippen LogP contribution in [0.25, 0.3) is 0 Å². The molecular formula is C25H36N4O5. The van der Waals surface area contributed by atoms with Gasteiger partial charge in [0, 0.05) is 13.0 Å². The van der Waals surface area contributed by atoms with Crippen molar-refractivity contribution >= 4 is 23.7 Å². The maximum Gasteiger partial charge on any atom is 0.326 e. The molecule has 4 atom stereocenters. The molecular weight excluding hydrogens is 436 g/mol. The fourth-order valence-electron chi connectivity index (χ4n) is 4.69. The second-order valence-electron chi connectivity index (χ2n) is 9.62. The first kappa shape index (κ1) is 25.7. The second kappa shape index (κ2) is 12.0. The number of carbonyl (C=O) groups is 4. The number of carbonyl (C=O) groups excluding carboxylic acids is 3. The summed E-state index contributed by atoms with van der Waals surface area (Å²) in [4.78, 5) is 52.5. The molecule has 34 heavy (non-hydrogen) atoms. The van der Waals surface area contributed by atoms with Gasteiger partial charge >= 0.3 is 5.97 Å². The molecule has 0 aliphatic carbocycles. The largest absolute Gasteiger partial charge is 0.480 e. The zero-order valence-corrected chi connectivity index (χ0v) is 20.0. The van der Waals surface area contributed by atoms with E-state index in [-0.39, 0.29) is 23.8 Å². The van der Waals surface area contributed by atoms with Gasteiger partial charge in [-0.05, 0) is 50.1 Å². The molecule has 9 nitrogen and oxygen atoms in total. The molecule has 0 spiro atoms. The van der Waals surface area contributed by atoms with E-state index in [9.17, 15) is 24.3 Å². The number of amides is 3. The third kappa shape index (κ3) is 6.79. The van der Waals surface area contributed by atoms with Crippen LogP contribution in [0.1, 0.15) is 51.5 Å². The van der Waals surface area contributed by atoms with Crippen LogP contribution in [0.2, 0.25) is 0 Å². The maximum atomic E-state index is 13.6. The fourth-order valence-corrected chi connectivity index (χ4v) is 4.69. The molecule has 186 valence electrons. The average molecular weight is 473 g/mol. The number of hydrogen-bond donors (Lipinski definition) is 4. The molecule has 4 N–H and O–H groups in total. The van der Waals surface area contributed by atoms with Gasteiger partial charge in [-0.1, -0.05) is 44.2 Å². The lowest BCUT2D eigenvalue weighted by atomic mass is 10.0. The minimum Gasteiger partial charge on any atom is -0.480 e. The van der Waals surface area contributed by atoms with E-state index in [2.05, 4.69) is 16.0 Å². The SMILES string of the molecule is CC(C)CC(NC(=O)C1CCCN1C(=O)C(Cc1ccccc1)NC(=O)C1CCCN1)C(=O)O. The summed E-state index contributed by atoms with van der Waals surface area (Å²) in [5, 5.41) is 18.2. The summed E-state index contributed by atoms with van der Waals surface area (Å²) in [7, 11) is 0. The second-order valence-corrected chi connectivity index (χ2v) is 9.62. The van der Waals surface area contributed by atoms with Crippen LogP contribution in [0.15, 0.2) is 30.3 Å². The summed E-state index contributed by atoms with van der Waals surface area (Å²) < 4.78 is 0. The van der Waals surface area contributed by atoms with E-state index in [1.54, 1.807) is 0 Å². The van der Waals surface area contributed by atoms with Crippen LogP contribution in [-0.4, -0.2) is 71.0 Å². The van der Waals surface area contributed by atoms with Crippen LogP contribution in [0.3, 0.4) is 0 Å². The van der Waals surface area contributed by atoms with Gasteiger partial charge in [-0.2, -0.15) is 0 Å². The molecule has 2 saturated heterocycles. The summed E-state index contributed by atoms with van der Waals surface area (Å²) in [6.45, 7) is 4.94. The molecule has 0 radical (unpaired) electrons. The Morgan fingerprint density at radius 2 is 1.74 bits per heavy atom. The first-order valence-corrected chi connectivity index (χ1v) is 12.2. The molecule has 1 aromatic carbocycles. The molecule has 2 fully saturated rings. The molecule has 0 aromatic heterocycles. The highest BCUT2D eigenvalue weighted by Crippen LogP contribution is 2.21. The minimum atomic E-state index is -1.09. The summed E-state index contributed by atoms with van der Waals surface area (Å²) >= 11 is 0. The van der Waals surface area contributed by atoms with Crippen LogP contribution in [-0.2, 0) is 25.6 Å².